The summed E-state index contributed by atoms with van der Waals surface area (Å²) < 4.78 is 5.37. The Morgan fingerprint density at radius 3 is 2.53 bits per heavy atom. The molecule has 1 aromatic rings. The molecular formula is C14H23N3O2. The normalized spacial score (nSPS) is 17.5. The Morgan fingerprint density at radius 2 is 1.95 bits per heavy atom. The van der Waals surface area contributed by atoms with Gasteiger partial charge in [0.25, 0.3) is 0 Å². The van der Waals surface area contributed by atoms with E-state index in [4.69, 9.17) is 4.74 Å². The number of hydrogen-bond donors (Lipinski definition) is 2. The summed E-state index contributed by atoms with van der Waals surface area (Å²) >= 11 is 0. The second kappa shape index (κ2) is 5.33. The lowest BCUT2D eigenvalue weighted by molar-refractivity contribution is 0.00624. The van der Waals surface area contributed by atoms with E-state index in [9.17, 15) is 4.79 Å². The van der Waals surface area contributed by atoms with E-state index in [1.54, 1.807) is 0 Å². The zero-order valence-corrected chi connectivity index (χ0v) is 12.2. The average molecular weight is 265 g/mol. The fourth-order valence-electron chi connectivity index (χ4n) is 2.30. The van der Waals surface area contributed by atoms with Crippen LogP contribution in [0.5, 0.6) is 0 Å². The molecule has 5 nitrogen and oxygen atoms in total. The van der Waals surface area contributed by atoms with Gasteiger partial charge in [0.1, 0.15) is 11.4 Å². The first kappa shape index (κ1) is 14.1. The lowest BCUT2D eigenvalue weighted by atomic mass is 9.98. The van der Waals surface area contributed by atoms with Crippen LogP contribution in [0.1, 0.15) is 61.5 Å². The quantitative estimate of drug-likeness (QED) is 0.804. The maximum atomic E-state index is 12.1. The summed E-state index contributed by atoms with van der Waals surface area (Å²) in [5.74, 6) is 0.984. The Bertz CT molecular complexity index is 454. The lowest BCUT2D eigenvalue weighted by Crippen LogP contribution is -2.27. The van der Waals surface area contributed by atoms with E-state index >= 15 is 0 Å². The van der Waals surface area contributed by atoms with Crippen LogP contribution in [0.4, 0.5) is 0 Å². The van der Waals surface area contributed by atoms with Crippen molar-refractivity contribution >= 4 is 5.97 Å². The van der Waals surface area contributed by atoms with Crippen LogP contribution in [0.25, 0.3) is 0 Å². The molecule has 0 atom stereocenters. The van der Waals surface area contributed by atoms with Gasteiger partial charge in [-0.25, -0.2) is 9.78 Å². The Hall–Kier alpha value is -1.36. The van der Waals surface area contributed by atoms with Crippen LogP contribution < -0.4 is 5.32 Å². The molecule has 19 heavy (non-hydrogen) atoms. The maximum Gasteiger partial charge on any atom is 0.359 e. The van der Waals surface area contributed by atoms with Crippen molar-refractivity contribution in [2.45, 2.75) is 52.1 Å². The number of aromatic amines is 1. The minimum atomic E-state index is -0.489. The van der Waals surface area contributed by atoms with Gasteiger partial charge in [0.15, 0.2) is 5.69 Å². The summed E-state index contributed by atoms with van der Waals surface area (Å²) in [4.78, 5) is 19.8. The highest BCUT2D eigenvalue weighted by molar-refractivity contribution is 5.88. The molecular weight excluding hydrogens is 242 g/mol. The van der Waals surface area contributed by atoms with Crippen molar-refractivity contribution in [1.29, 1.82) is 0 Å². The molecule has 0 aromatic carbocycles. The molecule has 2 N–H and O–H groups in total. The van der Waals surface area contributed by atoms with Crippen LogP contribution >= 0.6 is 0 Å². The molecule has 0 saturated carbocycles. The van der Waals surface area contributed by atoms with E-state index in [0.29, 0.717) is 11.6 Å². The molecule has 5 heteroatoms. The predicted molar refractivity (Wildman–Crippen MR) is 73.3 cm³/mol. The highest BCUT2D eigenvalue weighted by atomic mass is 16.6. The summed E-state index contributed by atoms with van der Waals surface area (Å²) in [5, 5.41) is 3.33. The number of rotatable bonds is 2. The van der Waals surface area contributed by atoms with Gasteiger partial charge in [-0.15, -0.1) is 0 Å². The number of hydrogen-bond acceptors (Lipinski definition) is 4. The van der Waals surface area contributed by atoms with E-state index < -0.39 is 5.60 Å². The standard InChI is InChI=1S/C14H23N3O2/c1-9-11(13(18)19-14(2,3)4)17-12(16-9)10-5-7-15-8-6-10/h10,15H,5-8H2,1-4H3,(H,16,17). The lowest BCUT2D eigenvalue weighted by Gasteiger charge is -2.20. The van der Waals surface area contributed by atoms with E-state index in [0.717, 1.165) is 37.4 Å². The molecule has 106 valence electrons. The van der Waals surface area contributed by atoms with Crippen molar-refractivity contribution in [3.63, 3.8) is 0 Å². The zero-order valence-electron chi connectivity index (χ0n) is 12.2. The molecule has 2 heterocycles. The molecule has 1 saturated heterocycles. The molecule has 0 amide bonds. The van der Waals surface area contributed by atoms with Crippen molar-refractivity contribution in [2.24, 2.45) is 0 Å². The first-order valence-corrected chi connectivity index (χ1v) is 6.87. The van der Waals surface area contributed by atoms with Gasteiger partial charge in [-0.05, 0) is 53.6 Å². The van der Waals surface area contributed by atoms with E-state index in [2.05, 4.69) is 15.3 Å². The third-order valence-electron chi connectivity index (χ3n) is 3.22. The van der Waals surface area contributed by atoms with Gasteiger partial charge < -0.3 is 15.0 Å². The number of nitrogens with zero attached hydrogens (tertiary/aromatic N) is 1. The van der Waals surface area contributed by atoms with Crippen LogP contribution in [0.15, 0.2) is 0 Å². The monoisotopic (exact) mass is 265 g/mol. The van der Waals surface area contributed by atoms with Crippen molar-refractivity contribution in [3.05, 3.63) is 17.2 Å². The minimum absolute atomic E-state index is 0.346. The number of ether oxygens (including phenoxy) is 1. The topological polar surface area (TPSA) is 67.0 Å². The molecule has 0 unspecified atom stereocenters. The van der Waals surface area contributed by atoms with Crippen molar-refractivity contribution < 1.29 is 9.53 Å². The van der Waals surface area contributed by atoms with Crippen molar-refractivity contribution in [3.8, 4) is 0 Å². The van der Waals surface area contributed by atoms with E-state index in [-0.39, 0.29) is 5.97 Å². The van der Waals surface area contributed by atoms with Crippen LogP contribution in [-0.2, 0) is 4.74 Å². The van der Waals surface area contributed by atoms with E-state index in [1.165, 1.54) is 0 Å². The summed E-state index contributed by atoms with van der Waals surface area (Å²) in [5.41, 5.74) is 0.725. The van der Waals surface area contributed by atoms with Gasteiger partial charge in [-0.1, -0.05) is 0 Å². The minimum Gasteiger partial charge on any atom is -0.455 e. The van der Waals surface area contributed by atoms with Gasteiger partial charge >= 0.3 is 5.97 Å². The van der Waals surface area contributed by atoms with Gasteiger partial charge in [0, 0.05) is 11.6 Å². The molecule has 0 aliphatic carbocycles. The Kier molecular flexibility index (Phi) is 3.94. The highest BCUT2D eigenvalue weighted by Gasteiger charge is 2.25. The van der Waals surface area contributed by atoms with Crippen LogP contribution in [0.3, 0.4) is 0 Å². The Morgan fingerprint density at radius 1 is 1.32 bits per heavy atom. The predicted octanol–water partition coefficient (Wildman–Crippen LogP) is 2.14. The SMILES string of the molecule is Cc1[nH]c(C2CCNCC2)nc1C(=O)OC(C)(C)C. The number of H-pyrrole nitrogens is 1. The number of carbonyl (C=O) groups excluding carboxylic acids is 1. The smallest absolute Gasteiger partial charge is 0.359 e. The third-order valence-corrected chi connectivity index (χ3v) is 3.22. The van der Waals surface area contributed by atoms with Gasteiger partial charge in [-0.3, -0.25) is 0 Å². The van der Waals surface area contributed by atoms with Gasteiger partial charge in [-0.2, -0.15) is 0 Å². The number of piperidine rings is 1. The van der Waals surface area contributed by atoms with Crippen molar-refractivity contribution in [1.82, 2.24) is 15.3 Å². The van der Waals surface area contributed by atoms with Gasteiger partial charge in [0.2, 0.25) is 0 Å². The van der Waals surface area contributed by atoms with E-state index in [1.807, 2.05) is 27.7 Å². The largest absolute Gasteiger partial charge is 0.455 e. The fraction of sp³-hybridized carbons (Fsp3) is 0.714. The van der Waals surface area contributed by atoms with Crippen LogP contribution in [0, 0.1) is 6.92 Å². The van der Waals surface area contributed by atoms with Crippen LogP contribution in [0.2, 0.25) is 0 Å². The third kappa shape index (κ3) is 3.56. The molecule has 0 spiro atoms. The molecule has 1 fully saturated rings. The Labute approximate surface area is 114 Å². The summed E-state index contributed by atoms with van der Waals surface area (Å²) in [6, 6.07) is 0. The molecule has 0 radical (unpaired) electrons. The number of esters is 1. The van der Waals surface area contributed by atoms with Crippen molar-refractivity contribution in [2.75, 3.05) is 13.1 Å². The summed E-state index contributed by atoms with van der Waals surface area (Å²) in [6.45, 7) is 9.47. The number of aromatic nitrogens is 2. The van der Waals surface area contributed by atoms with Gasteiger partial charge in [0.05, 0.1) is 0 Å². The molecule has 1 aromatic heterocycles. The molecule has 0 bridgehead atoms. The molecule has 1 aliphatic rings. The first-order chi connectivity index (χ1) is 8.87. The van der Waals surface area contributed by atoms with Crippen LogP contribution in [-0.4, -0.2) is 34.6 Å². The number of imidazole rings is 1. The first-order valence-electron chi connectivity index (χ1n) is 6.87. The summed E-state index contributed by atoms with van der Waals surface area (Å²) in [7, 11) is 0. The number of carbonyl (C=O) groups is 1. The summed E-state index contributed by atoms with van der Waals surface area (Å²) in [6.07, 6.45) is 2.11. The second-order valence-corrected chi connectivity index (χ2v) is 6.12. The molecule has 1 aliphatic heterocycles. The Balaban J connectivity index is 2.14. The average Bonchev–Trinajstić information content (AvgIpc) is 2.70. The number of aryl methyl sites for hydroxylation is 1. The highest BCUT2D eigenvalue weighted by Crippen LogP contribution is 2.24. The maximum absolute atomic E-state index is 12.1. The second-order valence-electron chi connectivity index (χ2n) is 6.12. The molecule has 2 rings (SSSR count). The fourth-order valence-corrected chi connectivity index (χ4v) is 2.30. The zero-order chi connectivity index (χ0) is 14.0. The number of nitrogens with one attached hydrogen (secondary N) is 2.